The van der Waals surface area contributed by atoms with Crippen LogP contribution in [-0.4, -0.2) is 5.97 Å². The van der Waals surface area contributed by atoms with Crippen LogP contribution in [-0.2, 0) is 16.1 Å². The fraction of sp³-hybridized carbons (Fsp3) is 0.346. The molecule has 4 rings (SSSR count). The second-order valence-electron chi connectivity index (χ2n) is 8.05. The van der Waals surface area contributed by atoms with Crippen LogP contribution < -0.4 is 4.74 Å². The third kappa shape index (κ3) is 3.62. The van der Waals surface area contributed by atoms with E-state index in [9.17, 15) is 4.79 Å². The molecule has 1 unspecified atom stereocenters. The summed E-state index contributed by atoms with van der Waals surface area (Å²) in [5.74, 6) is 2.00. The van der Waals surface area contributed by atoms with Crippen molar-refractivity contribution < 1.29 is 14.3 Å². The van der Waals surface area contributed by atoms with Crippen molar-refractivity contribution in [3.05, 3.63) is 83.5 Å². The van der Waals surface area contributed by atoms with E-state index >= 15 is 0 Å². The van der Waals surface area contributed by atoms with Crippen molar-refractivity contribution in [2.45, 2.75) is 40.2 Å². The molecule has 2 aromatic carbocycles. The van der Waals surface area contributed by atoms with Gasteiger partial charge in [-0.05, 0) is 55.2 Å². The Morgan fingerprint density at radius 2 is 1.72 bits per heavy atom. The highest BCUT2D eigenvalue weighted by Crippen LogP contribution is 2.67. The zero-order valence-corrected chi connectivity index (χ0v) is 17.4. The number of fused-ring (bicyclic) bond motifs is 1. The van der Waals surface area contributed by atoms with Crippen LogP contribution in [0.4, 0.5) is 0 Å². The van der Waals surface area contributed by atoms with Gasteiger partial charge in [-0.2, -0.15) is 0 Å². The molecule has 3 atom stereocenters. The highest BCUT2D eigenvalue weighted by atomic mass is 16.5. The summed E-state index contributed by atoms with van der Waals surface area (Å²) in [4.78, 5) is 12.9. The lowest BCUT2D eigenvalue weighted by atomic mass is 9.93. The maximum atomic E-state index is 12.9. The number of rotatable bonds is 7. The molecular weight excluding hydrogens is 360 g/mol. The summed E-state index contributed by atoms with van der Waals surface area (Å²) in [6.45, 7) is 6.69. The van der Waals surface area contributed by atoms with Crippen molar-refractivity contribution in [3.63, 3.8) is 0 Å². The van der Waals surface area contributed by atoms with Gasteiger partial charge in [-0.1, -0.05) is 61.9 Å². The molecule has 0 bridgehead atoms. The van der Waals surface area contributed by atoms with E-state index in [1.54, 1.807) is 0 Å². The second-order valence-corrected chi connectivity index (χ2v) is 8.05. The summed E-state index contributed by atoms with van der Waals surface area (Å²) < 4.78 is 11.6. The normalized spacial score (nSPS) is 24.2. The van der Waals surface area contributed by atoms with Gasteiger partial charge in [-0.3, -0.25) is 4.79 Å². The summed E-state index contributed by atoms with van der Waals surface area (Å²) >= 11 is 0. The Balaban J connectivity index is 1.40. The molecule has 0 N–H and O–H groups in total. The van der Waals surface area contributed by atoms with E-state index in [-0.39, 0.29) is 24.4 Å². The number of para-hydroxylation sites is 1. The van der Waals surface area contributed by atoms with Gasteiger partial charge < -0.3 is 9.47 Å². The van der Waals surface area contributed by atoms with Crippen molar-refractivity contribution in [1.29, 1.82) is 0 Å². The number of carbonyl (C=O) groups excluding carboxylic acids is 1. The zero-order valence-electron chi connectivity index (χ0n) is 17.4. The molecule has 0 saturated heterocycles. The fourth-order valence-electron chi connectivity index (χ4n) is 4.57. The maximum Gasteiger partial charge on any atom is 0.313 e. The van der Waals surface area contributed by atoms with Crippen molar-refractivity contribution in [2.75, 3.05) is 0 Å². The van der Waals surface area contributed by atoms with E-state index in [4.69, 9.17) is 9.47 Å². The largest absolute Gasteiger partial charge is 0.460 e. The zero-order chi connectivity index (χ0) is 20.4. The van der Waals surface area contributed by atoms with Gasteiger partial charge in [0.05, 0.1) is 5.41 Å². The van der Waals surface area contributed by atoms with Gasteiger partial charge in [0.15, 0.2) is 0 Å². The quantitative estimate of drug-likeness (QED) is 0.511. The summed E-state index contributed by atoms with van der Waals surface area (Å²) in [6.07, 6.45) is 6.50. The predicted octanol–water partition coefficient (Wildman–Crippen LogP) is 6.46. The molecule has 2 aliphatic rings. The first-order valence-electron chi connectivity index (χ1n) is 10.5. The molecule has 0 aliphatic heterocycles. The van der Waals surface area contributed by atoms with Crippen molar-refractivity contribution in [3.8, 4) is 11.5 Å². The van der Waals surface area contributed by atoms with Crippen LogP contribution in [0.1, 0.15) is 39.2 Å². The first-order chi connectivity index (χ1) is 14.1. The molecule has 3 nitrogen and oxygen atoms in total. The van der Waals surface area contributed by atoms with Gasteiger partial charge in [-0.15, -0.1) is 0 Å². The minimum atomic E-state index is -0.419. The van der Waals surface area contributed by atoms with Crippen LogP contribution in [0.25, 0.3) is 0 Å². The van der Waals surface area contributed by atoms with Crippen LogP contribution in [0.3, 0.4) is 0 Å². The van der Waals surface area contributed by atoms with E-state index in [1.807, 2.05) is 61.5 Å². The number of benzene rings is 2. The average molecular weight is 389 g/mol. The summed E-state index contributed by atoms with van der Waals surface area (Å²) in [5.41, 5.74) is 3.32. The molecule has 1 saturated carbocycles. The first kappa shape index (κ1) is 19.5. The number of carbonyl (C=O) groups is 1. The standard InChI is InChI=1S/C26H28O3/c1-4-19(5-2)22-14-15-23-24(22)26(23,3)25(27)28-17-18-10-9-13-21(16-18)29-20-11-7-6-8-12-20/h6-16,23-24H,4-5,17H2,1-3H3/t23-,24+,26?/m0/s1. The third-order valence-corrected chi connectivity index (χ3v) is 6.36. The van der Waals surface area contributed by atoms with Crippen LogP contribution in [0.5, 0.6) is 11.5 Å². The molecule has 3 heteroatoms. The number of hydrogen-bond acceptors (Lipinski definition) is 3. The Hall–Kier alpha value is -2.81. The third-order valence-electron chi connectivity index (χ3n) is 6.36. The number of hydrogen-bond donors (Lipinski definition) is 0. The Labute approximate surface area is 173 Å². The molecule has 0 aromatic heterocycles. The lowest BCUT2D eigenvalue weighted by Crippen LogP contribution is -2.20. The summed E-state index contributed by atoms with van der Waals surface area (Å²) in [7, 11) is 0. The lowest BCUT2D eigenvalue weighted by molar-refractivity contribution is -0.151. The highest BCUT2D eigenvalue weighted by Gasteiger charge is 2.69. The van der Waals surface area contributed by atoms with Crippen molar-refractivity contribution >= 4 is 5.97 Å². The van der Waals surface area contributed by atoms with E-state index < -0.39 is 5.41 Å². The van der Waals surface area contributed by atoms with Crippen LogP contribution in [0.15, 0.2) is 77.9 Å². The number of esters is 1. The molecule has 150 valence electrons. The molecule has 0 amide bonds. The topological polar surface area (TPSA) is 35.5 Å². The molecule has 29 heavy (non-hydrogen) atoms. The monoisotopic (exact) mass is 388 g/mol. The molecule has 1 fully saturated rings. The van der Waals surface area contributed by atoms with E-state index in [0.29, 0.717) is 0 Å². The molecular formula is C26H28O3. The predicted molar refractivity (Wildman–Crippen MR) is 115 cm³/mol. The Morgan fingerprint density at radius 1 is 1.00 bits per heavy atom. The van der Waals surface area contributed by atoms with E-state index in [1.165, 1.54) is 11.1 Å². The van der Waals surface area contributed by atoms with Gasteiger partial charge >= 0.3 is 5.97 Å². The molecule has 0 heterocycles. The lowest BCUT2D eigenvalue weighted by Gasteiger charge is -2.16. The van der Waals surface area contributed by atoms with E-state index in [0.717, 1.165) is 29.9 Å². The van der Waals surface area contributed by atoms with Gasteiger partial charge in [-0.25, -0.2) is 0 Å². The Morgan fingerprint density at radius 3 is 2.45 bits per heavy atom. The van der Waals surface area contributed by atoms with Crippen LogP contribution >= 0.6 is 0 Å². The van der Waals surface area contributed by atoms with E-state index in [2.05, 4.69) is 26.0 Å². The van der Waals surface area contributed by atoms with Gasteiger partial charge in [0.1, 0.15) is 18.1 Å². The Kier molecular flexibility index (Phi) is 5.31. The van der Waals surface area contributed by atoms with Crippen molar-refractivity contribution in [2.24, 2.45) is 17.3 Å². The fourth-order valence-corrected chi connectivity index (χ4v) is 4.57. The maximum absolute atomic E-state index is 12.9. The van der Waals surface area contributed by atoms with Crippen LogP contribution in [0.2, 0.25) is 0 Å². The number of allylic oxidation sites excluding steroid dienone is 4. The average Bonchev–Trinajstić information content (AvgIpc) is 3.09. The number of ether oxygens (including phenoxy) is 2. The first-order valence-corrected chi connectivity index (χ1v) is 10.5. The SMILES string of the molecule is CCC(CC)=C1C=C[C@H]2[C@@H]1C2(C)C(=O)OCc1cccc(Oc2ccccc2)c1. The molecule has 0 spiro atoms. The smallest absolute Gasteiger partial charge is 0.313 e. The minimum Gasteiger partial charge on any atom is -0.460 e. The molecule has 2 aliphatic carbocycles. The van der Waals surface area contributed by atoms with Crippen molar-refractivity contribution in [1.82, 2.24) is 0 Å². The molecule has 2 aromatic rings. The summed E-state index contributed by atoms with van der Waals surface area (Å²) in [6, 6.07) is 17.4. The molecule has 0 radical (unpaired) electrons. The van der Waals surface area contributed by atoms with Gasteiger partial charge in [0.2, 0.25) is 0 Å². The summed E-state index contributed by atoms with van der Waals surface area (Å²) in [5, 5.41) is 0. The van der Waals surface area contributed by atoms with Crippen LogP contribution in [0, 0.1) is 17.3 Å². The van der Waals surface area contributed by atoms with Gasteiger partial charge in [0, 0.05) is 11.8 Å². The van der Waals surface area contributed by atoms with Gasteiger partial charge in [0.25, 0.3) is 0 Å². The second kappa shape index (κ2) is 7.90. The Bertz CT molecular complexity index is 951. The minimum absolute atomic E-state index is 0.102. The highest BCUT2D eigenvalue weighted by molar-refractivity contribution is 5.84.